The average Bonchev–Trinajstić information content (AvgIpc) is 2.63. The number of halogens is 3. The van der Waals surface area contributed by atoms with Crippen molar-refractivity contribution >= 4 is 11.5 Å². The molecule has 0 atom stereocenters. The predicted octanol–water partition coefficient (Wildman–Crippen LogP) is 3.54. The molecule has 27 heavy (non-hydrogen) atoms. The Hall–Kier alpha value is -3.10. The summed E-state index contributed by atoms with van der Waals surface area (Å²) < 4.78 is 53.7. The first-order chi connectivity index (χ1) is 12.8. The molecule has 1 aromatic heterocycles. The van der Waals surface area contributed by atoms with Crippen LogP contribution in [0, 0.1) is 6.92 Å². The Bertz CT molecular complexity index is 851. The molecule has 0 amide bonds. The van der Waals surface area contributed by atoms with E-state index < -0.39 is 17.8 Å². The molecule has 2 aromatic rings. The molecule has 6 nitrogen and oxygen atoms in total. The van der Waals surface area contributed by atoms with Crippen molar-refractivity contribution in [3.8, 4) is 5.88 Å². The van der Waals surface area contributed by atoms with E-state index in [1.807, 2.05) is 0 Å². The number of esters is 1. The molecule has 144 valence electrons. The molecule has 0 radical (unpaired) electrons. The minimum Gasteiger partial charge on any atom is -0.503 e. The summed E-state index contributed by atoms with van der Waals surface area (Å²) in [7, 11) is 2.61. The van der Waals surface area contributed by atoms with E-state index in [9.17, 15) is 18.0 Å². The highest BCUT2D eigenvalue weighted by atomic mass is 19.4. The summed E-state index contributed by atoms with van der Waals surface area (Å²) in [6.07, 6.45) is -3.38. The highest BCUT2D eigenvalue weighted by molar-refractivity contribution is 6.16. The minimum absolute atomic E-state index is 0.0670. The topological polar surface area (TPSA) is 70.5 Å². The summed E-state index contributed by atoms with van der Waals surface area (Å²) in [6, 6.07) is 7.44. The van der Waals surface area contributed by atoms with Crippen molar-refractivity contribution < 1.29 is 32.2 Å². The molecular weight excluding hydrogens is 365 g/mol. The molecule has 1 aromatic carbocycles. The van der Waals surface area contributed by atoms with E-state index in [-0.39, 0.29) is 23.9 Å². The van der Waals surface area contributed by atoms with Gasteiger partial charge >= 0.3 is 12.1 Å². The first kappa shape index (κ1) is 20.2. The molecule has 1 heterocycles. The number of nitrogens with zero attached hydrogens (tertiary/aromatic N) is 2. The van der Waals surface area contributed by atoms with Crippen LogP contribution in [-0.4, -0.2) is 30.2 Å². The van der Waals surface area contributed by atoms with E-state index in [0.29, 0.717) is 11.1 Å². The van der Waals surface area contributed by atoms with E-state index in [1.54, 1.807) is 24.3 Å². The third-order valence-corrected chi connectivity index (χ3v) is 3.43. The zero-order chi connectivity index (χ0) is 20.0. The number of benzene rings is 1. The number of ether oxygens (including phenoxy) is 3. The number of hydrogen-bond acceptors (Lipinski definition) is 6. The number of carbonyl (C=O) groups excluding carboxylic acids is 1. The van der Waals surface area contributed by atoms with Crippen molar-refractivity contribution in [3.05, 3.63) is 59.2 Å². The Morgan fingerprint density at radius 1 is 1.19 bits per heavy atom. The predicted molar refractivity (Wildman–Crippen MR) is 89.5 cm³/mol. The highest BCUT2D eigenvalue weighted by Gasteiger charge is 2.33. The van der Waals surface area contributed by atoms with Crippen LogP contribution in [-0.2, 0) is 27.1 Å². The van der Waals surface area contributed by atoms with E-state index in [4.69, 9.17) is 14.2 Å². The van der Waals surface area contributed by atoms with E-state index >= 15 is 0 Å². The zero-order valence-corrected chi connectivity index (χ0v) is 14.8. The Morgan fingerprint density at radius 2 is 1.89 bits per heavy atom. The Morgan fingerprint density at radius 3 is 2.52 bits per heavy atom. The van der Waals surface area contributed by atoms with Gasteiger partial charge in [-0.2, -0.15) is 18.2 Å². The fraction of sp³-hybridized carbons (Fsp3) is 0.278. The Balaban J connectivity index is 2.31. The molecule has 0 saturated carbocycles. The van der Waals surface area contributed by atoms with Crippen molar-refractivity contribution in [3.63, 3.8) is 0 Å². The van der Waals surface area contributed by atoms with Crippen LogP contribution in [0.15, 0.2) is 36.6 Å². The van der Waals surface area contributed by atoms with Gasteiger partial charge in [0.1, 0.15) is 18.0 Å². The fourth-order valence-corrected chi connectivity index (χ4v) is 2.27. The number of methoxy groups -OCH3 is 2. The van der Waals surface area contributed by atoms with Crippen LogP contribution in [0.2, 0.25) is 0 Å². The smallest absolute Gasteiger partial charge is 0.433 e. The van der Waals surface area contributed by atoms with Gasteiger partial charge in [-0.05, 0) is 18.1 Å². The maximum Gasteiger partial charge on any atom is 0.433 e. The summed E-state index contributed by atoms with van der Waals surface area (Å²) in [6.45, 7) is 1.22. The van der Waals surface area contributed by atoms with Gasteiger partial charge in [-0.3, -0.25) is 0 Å². The summed E-state index contributed by atoms with van der Waals surface area (Å²) in [5.41, 5.74) is 0.0610. The monoisotopic (exact) mass is 382 g/mol. The second kappa shape index (κ2) is 8.52. The molecule has 2 rings (SSSR count). The first-order valence-corrected chi connectivity index (χ1v) is 7.71. The van der Waals surface area contributed by atoms with Crippen LogP contribution in [0.25, 0.3) is 5.57 Å². The molecule has 0 aliphatic carbocycles. The molecule has 0 bridgehead atoms. The maximum atomic E-state index is 12.9. The number of alkyl halides is 3. The zero-order valence-electron chi connectivity index (χ0n) is 14.8. The standard InChI is InChI=1S/C18H17F3N2O4/c1-11-22-15(18(19,20)21)8-16(23-11)27-9-12-6-4-5-7-13(12)14(10-25-2)17(24)26-3/h4-8,10H,9H2,1-3H3. The molecule has 0 unspecified atom stereocenters. The minimum atomic E-state index is -4.61. The Kier molecular flexibility index (Phi) is 6.38. The van der Waals surface area contributed by atoms with Crippen LogP contribution in [0.1, 0.15) is 22.6 Å². The third kappa shape index (κ3) is 5.19. The summed E-state index contributed by atoms with van der Waals surface area (Å²) in [5, 5.41) is 0. The summed E-state index contributed by atoms with van der Waals surface area (Å²) >= 11 is 0. The van der Waals surface area contributed by atoms with E-state index in [0.717, 1.165) is 6.07 Å². The lowest BCUT2D eigenvalue weighted by Crippen LogP contribution is -2.12. The molecule has 9 heteroatoms. The van der Waals surface area contributed by atoms with Gasteiger partial charge in [0.15, 0.2) is 5.69 Å². The van der Waals surface area contributed by atoms with Gasteiger partial charge in [0.2, 0.25) is 5.88 Å². The van der Waals surface area contributed by atoms with Gasteiger partial charge in [-0.25, -0.2) is 9.78 Å². The van der Waals surface area contributed by atoms with Crippen molar-refractivity contribution in [2.45, 2.75) is 19.7 Å². The lowest BCUT2D eigenvalue weighted by molar-refractivity contribution is -0.141. The van der Waals surface area contributed by atoms with Crippen molar-refractivity contribution in [1.29, 1.82) is 0 Å². The number of hydrogen-bond donors (Lipinski definition) is 0. The van der Waals surface area contributed by atoms with Crippen LogP contribution in [0.5, 0.6) is 5.88 Å². The van der Waals surface area contributed by atoms with Crippen LogP contribution in [0.4, 0.5) is 13.2 Å². The fourth-order valence-electron chi connectivity index (χ4n) is 2.27. The third-order valence-electron chi connectivity index (χ3n) is 3.43. The lowest BCUT2D eigenvalue weighted by atomic mass is 10.0. The normalized spacial score (nSPS) is 11.9. The molecule has 0 aliphatic heterocycles. The van der Waals surface area contributed by atoms with E-state index in [1.165, 1.54) is 27.4 Å². The second-order valence-electron chi connectivity index (χ2n) is 5.34. The quantitative estimate of drug-likeness (QED) is 0.432. The van der Waals surface area contributed by atoms with Gasteiger partial charge in [-0.1, -0.05) is 24.3 Å². The van der Waals surface area contributed by atoms with Gasteiger partial charge in [0, 0.05) is 6.07 Å². The largest absolute Gasteiger partial charge is 0.503 e. The molecule has 0 aliphatic rings. The number of aromatic nitrogens is 2. The molecule has 0 saturated heterocycles. The van der Waals surface area contributed by atoms with Crippen LogP contribution < -0.4 is 4.74 Å². The van der Waals surface area contributed by atoms with Crippen LogP contribution in [0.3, 0.4) is 0 Å². The first-order valence-electron chi connectivity index (χ1n) is 7.71. The highest BCUT2D eigenvalue weighted by Crippen LogP contribution is 2.30. The molecule has 0 fully saturated rings. The molecule has 0 N–H and O–H groups in total. The number of aryl methyl sites for hydroxylation is 1. The maximum absolute atomic E-state index is 12.9. The van der Waals surface area contributed by atoms with Crippen molar-refractivity contribution in [2.24, 2.45) is 0 Å². The SMILES string of the molecule is COC=C(C(=O)OC)c1ccccc1COc1cc(C(F)(F)F)nc(C)n1. The average molecular weight is 382 g/mol. The lowest BCUT2D eigenvalue weighted by Gasteiger charge is -2.13. The molecule has 0 spiro atoms. The number of carbonyl (C=O) groups is 1. The van der Waals surface area contributed by atoms with Crippen LogP contribution >= 0.6 is 0 Å². The second-order valence-corrected chi connectivity index (χ2v) is 5.34. The van der Waals surface area contributed by atoms with E-state index in [2.05, 4.69) is 9.97 Å². The Labute approximate surface area is 153 Å². The van der Waals surface area contributed by atoms with Gasteiger partial charge < -0.3 is 14.2 Å². The van der Waals surface area contributed by atoms with Gasteiger partial charge in [0.25, 0.3) is 0 Å². The molecular formula is C18H17F3N2O4. The summed E-state index contributed by atoms with van der Waals surface area (Å²) in [5.74, 6) is -0.913. The van der Waals surface area contributed by atoms with Crippen molar-refractivity contribution in [2.75, 3.05) is 14.2 Å². The van der Waals surface area contributed by atoms with Gasteiger partial charge in [-0.15, -0.1) is 0 Å². The van der Waals surface area contributed by atoms with Gasteiger partial charge in [0.05, 0.1) is 20.5 Å². The van der Waals surface area contributed by atoms with Crippen molar-refractivity contribution in [1.82, 2.24) is 9.97 Å². The summed E-state index contributed by atoms with van der Waals surface area (Å²) in [4.78, 5) is 19.2. The number of rotatable bonds is 6.